The van der Waals surface area contributed by atoms with Crippen LogP contribution in [-0.2, 0) is 23.7 Å². The van der Waals surface area contributed by atoms with Crippen molar-refractivity contribution in [2.45, 2.75) is 0 Å². The maximum absolute atomic E-state index is 10.8. The molecule has 0 aromatic heterocycles. The second kappa shape index (κ2) is 9.35. The molecule has 0 aromatic rings. The van der Waals surface area contributed by atoms with Gasteiger partial charge in [-0.25, -0.2) is 0 Å². The first-order chi connectivity index (χ1) is 7.20. The van der Waals surface area contributed by atoms with Crippen LogP contribution in [0, 0.1) is 0 Å². The molecule has 0 spiro atoms. The first-order valence-electron chi connectivity index (χ1n) is 4.23. The predicted octanol–water partition coefficient (Wildman–Crippen LogP) is -2.75. The normalized spacial score (nSPS) is 8.80. The number of hydrogen-bond acceptors (Lipinski definition) is 7. The van der Waals surface area contributed by atoms with Crippen molar-refractivity contribution < 1.29 is 23.7 Å². The summed E-state index contributed by atoms with van der Waals surface area (Å²) in [5.74, 6) is -1.54. The fourth-order valence-corrected chi connectivity index (χ4v) is 0.665. The van der Waals surface area contributed by atoms with Crippen molar-refractivity contribution in [1.82, 2.24) is 10.6 Å². The van der Waals surface area contributed by atoms with Crippen LogP contribution in [0.4, 0.5) is 0 Å². The van der Waals surface area contributed by atoms with E-state index in [-0.39, 0.29) is 26.0 Å². The van der Waals surface area contributed by atoms with Gasteiger partial charge in [-0.05, 0) is 0 Å². The molecule has 7 nitrogen and oxygen atoms in total. The molecule has 0 atom stereocenters. The van der Waals surface area contributed by atoms with Crippen LogP contribution in [0.2, 0.25) is 0 Å². The molecule has 9 heteroatoms. The van der Waals surface area contributed by atoms with Gasteiger partial charge in [0.25, 0.3) is 0 Å². The number of carbonyl (C=O) groups excluding carboxylic acids is 2. The summed E-state index contributed by atoms with van der Waals surface area (Å²) in [7, 11) is 1.17. The molecule has 80 valence electrons. The number of hydrogen-bond donors (Lipinski definition) is 2. The average Bonchev–Trinajstić information content (AvgIpc) is 2.18. The molecule has 15 heavy (non-hydrogen) atoms. The van der Waals surface area contributed by atoms with Crippen molar-refractivity contribution in [1.29, 1.82) is 0 Å². The average molecular weight is 212 g/mol. The fourth-order valence-electron chi connectivity index (χ4n) is 0.665. The number of esters is 2. The third-order valence-electron chi connectivity index (χ3n) is 1.22. The van der Waals surface area contributed by atoms with Crippen molar-refractivity contribution in [2.24, 2.45) is 0 Å². The topological polar surface area (TPSA) is 102 Å². The Balaban J connectivity index is 3.52. The van der Waals surface area contributed by atoms with Crippen LogP contribution in [-0.4, -0.2) is 52.2 Å². The summed E-state index contributed by atoms with van der Waals surface area (Å²) < 4.78 is 24.0. The minimum atomic E-state index is -0.769. The minimum absolute atomic E-state index is 0.0205. The van der Waals surface area contributed by atoms with Gasteiger partial charge in [-0.1, -0.05) is 0 Å². The van der Waals surface area contributed by atoms with Crippen molar-refractivity contribution in [2.75, 3.05) is 26.0 Å². The van der Waals surface area contributed by atoms with Gasteiger partial charge in [0, 0.05) is 0 Å². The Bertz CT molecular complexity index is 224. The number of ether oxygens (including phenoxy) is 1. The third-order valence-corrected chi connectivity index (χ3v) is 1.22. The van der Waals surface area contributed by atoms with Crippen molar-refractivity contribution >= 4 is 26.2 Å². The third kappa shape index (κ3) is 9.10. The van der Waals surface area contributed by atoms with E-state index in [0.717, 1.165) is 0 Å². The molecule has 0 saturated carbocycles. The number of carbonyl (C=O) groups is 2. The van der Waals surface area contributed by atoms with Crippen LogP contribution < -0.4 is 10.6 Å². The van der Waals surface area contributed by atoms with E-state index in [0.29, 0.717) is 14.3 Å². The van der Waals surface area contributed by atoms with Crippen molar-refractivity contribution in [3.05, 3.63) is 0 Å². The van der Waals surface area contributed by atoms with Gasteiger partial charge in [0.2, 0.25) is 0 Å². The summed E-state index contributed by atoms with van der Waals surface area (Å²) in [5.41, 5.74) is 0. The molecule has 0 aromatic carbocycles. The SMILES string of the molecule is O=BCNCC(=O)OC(=O)CNCB=O. The second-order valence-electron chi connectivity index (χ2n) is 2.44. The zero-order chi connectivity index (χ0) is 11.5. The molecule has 0 heterocycles. The molecule has 0 rings (SSSR count). The maximum atomic E-state index is 10.8. The molecule has 0 saturated heterocycles. The van der Waals surface area contributed by atoms with E-state index in [1.807, 2.05) is 0 Å². The van der Waals surface area contributed by atoms with Crippen LogP contribution in [0.1, 0.15) is 0 Å². The van der Waals surface area contributed by atoms with E-state index in [2.05, 4.69) is 15.4 Å². The molecule has 0 fully saturated rings. The van der Waals surface area contributed by atoms with Gasteiger partial charge in [0.15, 0.2) is 0 Å². The second-order valence-corrected chi connectivity index (χ2v) is 2.44. The predicted molar refractivity (Wildman–Crippen MR) is 49.7 cm³/mol. The molecular formula is C6H10B2N2O5. The van der Waals surface area contributed by atoms with E-state index in [4.69, 9.17) is 0 Å². The van der Waals surface area contributed by atoms with Gasteiger partial charge in [-0.2, -0.15) is 0 Å². The Kier molecular flexibility index (Phi) is 8.59. The van der Waals surface area contributed by atoms with Gasteiger partial charge in [-0.3, -0.25) is 0 Å². The Labute approximate surface area is 87.4 Å². The monoisotopic (exact) mass is 212 g/mol. The van der Waals surface area contributed by atoms with Crippen molar-refractivity contribution in [3.8, 4) is 0 Å². The van der Waals surface area contributed by atoms with Crippen LogP contribution in [0.15, 0.2) is 0 Å². The summed E-state index contributed by atoms with van der Waals surface area (Å²) in [6.07, 6.45) is 0.0410. The van der Waals surface area contributed by atoms with Crippen LogP contribution >= 0.6 is 0 Å². The summed E-state index contributed by atoms with van der Waals surface area (Å²) in [6, 6.07) is 0. The molecular weight excluding hydrogens is 202 g/mol. The quantitative estimate of drug-likeness (QED) is 0.194. The molecule has 0 radical (unpaired) electrons. The Morgan fingerprint density at radius 3 is 1.67 bits per heavy atom. The molecule has 0 unspecified atom stereocenters. The van der Waals surface area contributed by atoms with Crippen LogP contribution in [0.3, 0.4) is 0 Å². The van der Waals surface area contributed by atoms with E-state index < -0.39 is 11.9 Å². The van der Waals surface area contributed by atoms with Crippen LogP contribution in [0.5, 0.6) is 0 Å². The van der Waals surface area contributed by atoms with Gasteiger partial charge in [0.05, 0.1) is 0 Å². The van der Waals surface area contributed by atoms with E-state index in [1.54, 1.807) is 0 Å². The Morgan fingerprint density at radius 2 is 1.33 bits per heavy atom. The number of nitrogens with one attached hydrogen (secondary N) is 2. The summed E-state index contributed by atoms with van der Waals surface area (Å²) in [5, 5.41) is 4.87. The first-order valence-corrected chi connectivity index (χ1v) is 4.23. The van der Waals surface area contributed by atoms with E-state index in [1.165, 1.54) is 0 Å². The number of rotatable bonds is 8. The molecule has 2 N–H and O–H groups in total. The van der Waals surface area contributed by atoms with Crippen molar-refractivity contribution in [3.63, 3.8) is 0 Å². The Morgan fingerprint density at radius 1 is 0.933 bits per heavy atom. The fraction of sp³-hybridized carbons (Fsp3) is 0.667. The summed E-state index contributed by atoms with van der Waals surface area (Å²) in [4.78, 5) is 21.7. The van der Waals surface area contributed by atoms with Crippen LogP contribution in [0.25, 0.3) is 0 Å². The first kappa shape index (κ1) is 13.8. The molecule has 0 bridgehead atoms. The van der Waals surface area contributed by atoms with E-state index in [9.17, 15) is 19.0 Å². The molecule has 0 aliphatic rings. The Hall–Kier alpha value is -1.21. The molecule has 0 aliphatic carbocycles. The zero-order valence-corrected chi connectivity index (χ0v) is 8.02. The summed E-state index contributed by atoms with van der Waals surface area (Å²) in [6.45, 7) is -0.420. The molecule has 0 amide bonds. The molecule has 0 aliphatic heterocycles. The van der Waals surface area contributed by atoms with Gasteiger partial charge < -0.3 is 0 Å². The zero-order valence-electron chi connectivity index (χ0n) is 8.02. The van der Waals surface area contributed by atoms with Gasteiger partial charge >= 0.3 is 86.6 Å². The van der Waals surface area contributed by atoms with Gasteiger partial charge in [-0.15, -0.1) is 0 Å². The standard InChI is InChI=1S/C6H10B2N2O5/c11-5(1-9-3-7-13)15-6(12)2-10-4-8-14/h9-10H,1-4H2. The van der Waals surface area contributed by atoms with Gasteiger partial charge in [0.1, 0.15) is 0 Å². The van der Waals surface area contributed by atoms with E-state index >= 15 is 0 Å². The summed E-state index contributed by atoms with van der Waals surface area (Å²) >= 11 is 0.